The number of benzene rings is 2. The molecule has 0 bridgehead atoms. The average Bonchev–Trinajstić information content (AvgIpc) is 3.10. The highest BCUT2D eigenvalue weighted by atomic mass is 19.3. The number of halogens is 2. The zero-order valence-electron chi connectivity index (χ0n) is 17.5. The molecule has 1 saturated carbocycles. The van der Waals surface area contributed by atoms with Crippen LogP contribution in [0.25, 0.3) is 0 Å². The number of hydrogen-bond acceptors (Lipinski definition) is 6. The van der Waals surface area contributed by atoms with Crippen molar-refractivity contribution in [2.24, 2.45) is 5.92 Å². The number of methoxy groups -OCH3 is 2. The Morgan fingerprint density at radius 1 is 1.00 bits per heavy atom. The molecule has 0 radical (unpaired) electrons. The van der Waals surface area contributed by atoms with Crippen LogP contribution >= 0.6 is 0 Å². The SMILES string of the molecule is COCOc1ccc(C2Oc3c(CO)cc(OCOC)cc3C3CC(F)(F)CC32)cc1. The van der Waals surface area contributed by atoms with E-state index in [1.165, 1.54) is 14.2 Å². The van der Waals surface area contributed by atoms with Crippen molar-refractivity contribution in [3.63, 3.8) is 0 Å². The maximum absolute atomic E-state index is 14.5. The van der Waals surface area contributed by atoms with Gasteiger partial charge in [-0.1, -0.05) is 12.1 Å². The molecule has 31 heavy (non-hydrogen) atoms. The van der Waals surface area contributed by atoms with Gasteiger partial charge in [-0.2, -0.15) is 0 Å². The van der Waals surface area contributed by atoms with Gasteiger partial charge in [-0.05, 0) is 29.8 Å². The summed E-state index contributed by atoms with van der Waals surface area (Å²) in [6.07, 6.45) is -1.09. The van der Waals surface area contributed by atoms with Crippen LogP contribution in [-0.4, -0.2) is 38.8 Å². The third-order valence-corrected chi connectivity index (χ3v) is 5.84. The second kappa shape index (κ2) is 8.98. The largest absolute Gasteiger partial charge is 0.485 e. The third kappa shape index (κ3) is 4.46. The first kappa shape index (κ1) is 21.8. The molecular weight excluding hydrogens is 410 g/mol. The van der Waals surface area contributed by atoms with Gasteiger partial charge in [-0.15, -0.1) is 0 Å². The molecule has 2 aromatic rings. The standard InChI is InChI=1S/C23H26F2O6/c1-27-12-29-16-5-3-14(4-6-16)21-20-10-23(24,25)9-19(20)18-8-17(30-13-28-2)7-15(11-26)22(18)31-21/h3-8,19-21,26H,9-13H2,1-2H3. The Morgan fingerprint density at radius 2 is 1.68 bits per heavy atom. The van der Waals surface area contributed by atoms with Crippen LogP contribution in [0.1, 0.15) is 41.6 Å². The molecule has 1 aliphatic carbocycles. The van der Waals surface area contributed by atoms with E-state index in [4.69, 9.17) is 23.7 Å². The Kier molecular flexibility index (Phi) is 6.31. The number of ether oxygens (including phenoxy) is 5. The molecule has 3 atom stereocenters. The van der Waals surface area contributed by atoms with Crippen molar-refractivity contribution >= 4 is 0 Å². The van der Waals surface area contributed by atoms with Crippen LogP contribution in [0.4, 0.5) is 8.78 Å². The maximum atomic E-state index is 14.5. The molecule has 1 fully saturated rings. The highest BCUT2D eigenvalue weighted by molar-refractivity contribution is 5.52. The Morgan fingerprint density at radius 3 is 2.32 bits per heavy atom. The topological polar surface area (TPSA) is 66.4 Å². The average molecular weight is 436 g/mol. The van der Waals surface area contributed by atoms with E-state index in [9.17, 15) is 13.9 Å². The summed E-state index contributed by atoms with van der Waals surface area (Å²) in [4.78, 5) is 0. The first-order valence-electron chi connectivity index (χ1n) is 10.1. The van der Waals surface area contributed by atoms with Crippen molar-refractivity contribution in [3.05, 3.63) is 53.1 Å². The summed E-state index contributed by atoms with van der Waals surface area (Å²) < 4.78 is 56.1. The smallest absolute Gasteiger partial charge is 0.249 e. The lowest BCUT2D eigenvalue weighted by molar-refractivity contribution is -0.00245. The molecule has 2 aromatic carbocycles. The minimum Gasteiger partial charge on any atom is -0.485 e. The van der Waals surface area contributed by atoms with Gasteiger partial charge in [0.15, 0.2) is 13.6 Å². The molecule has 0 amide bonds. The first-order valence-corrected chi connectivity index (χ1v) is 10.1. The second-order valence-corrected chi connectivity index (χ2v) is 7.90. The molecule has 6 nitrogen and oxygen atoms in total. The van der Waals surface area contributed by atoms with E-state index in [0.717, 1.165) is 5.56 Å². The highest BCUT2D eigenvalue weighted by Gasteiger charge is 2.53. The van der Waals surface area contributed by atoms with Crippen molar-refractivity contribution < 1.29 is 37.6 Å². The van der Waals surface area contributed by atoms with Gasteiger partial charge in [0.1, 0.15) is 23.4 Å². The lowest BCUT2D eigenvalue weighted by Crippen LogP contribution is -2.27. The molecule has 0 saturated heterocycles. The van der Waals surface area contributed by atoms with Crippen LogP contribution in [0, 0.1) is 5.92 Å². The Labute approximate surface area is 179 Å². The highest BCUT2D eigenvalue weighted by Crippen LogP contribution is 2.59. The Bertz CT molecular complexity index is 902. The number of aliphatic hydroxyl groups is 1. The number of rotatable bonds is 8. The lowest BCUT2D eigenvalue weighted by atomic mass is 9.79. The molecule has 1 heterocycles. The van der Waals surface area contributed by atoms with Gasteiger partial charge in [0.25, 0.3) is 0 Å². The second-order valence-electron chi connectivity index (χ2n) is 7.90. The summed E-state index contributed by atoms with van der Waals surface area (Å²) in [6, 6.07) is 10.6. The maximum Gasteiger partial charge on any atom is 0.249 e. The van der Waals surface area contributed by atoms with Crippen LogP contribution in [0.3, 0.4) is 0 Å². The van der Waals surface area contributed by atoms with Crippen molar-refractivity contribution in [2.45, 2.75) is 37.4 Å². The summed E-state index contributed by atoms with van der Waals surface area (Å²) in [5, 5.41) is 9.92. The van der Waals surface area contributed by atoms with E-state index < -0.39 is 23.9 Å². The van der Waals surface area contributed by atoms with Crippen molar-refractivity contribution in [2.75, 3.05) is 27.8 Å². The molecule has 1 N–H and O–H groups in total. The van der Waals surface area contributed by atoms with Gasteiger partial charge in [-0.25, -0.2) is 8.78 Å². The quantitative estimate of drug-likeness (QED) is 0.619. The fraction of sp³-hybridized carbons (Fsp3) is 0.478. The predicted octanol–water partition coefficient (Wildman–Crippen LogP) is 4.41. The molecule has 3 unspecified atom stereocenters. The van der Waals surface area contributed by atoms with Crippen LogP contribution in [0.5, 0.6) is 17.2 Å². The van der Waals surface area contributed by atoms with E-state index >= 15 is 0 Å². The summed E-state index contributed by atoms with van der Waals surface area (Å²) in [7, 11) is 3.03. The molecule has 0 spiro atoms. The zero-order chi connectivity index (χ0) is 22.0. The van der Waals surface area contributed by atoms with Gasteiger partial charge >= 0.3 is 0 Å². The number of alkyl halides is 2. The fourth-order valence-corrected chi connectivity index (χ4v) is 4.54. The molecule has 8 heteroatoms. The van der Waals surface area contributed by atoms with E-state index in [1.807, 2.05) is 12.1 Å². The Hall–Kier alpha value is -2.42. The summed E-state index contributed by atoms with van der Waals surface area (Å²) in [5.74, 6) is -2.08. The predicted molar refractivity (Wildman–Crippen MR) is 108 cm³/mol. The molecule has 4 rings (SSSR count). The monoisotopic (exact) mass is 436 g/mol. The number of fused-ring (bicyclic) bond motifs is 3. The number of aliphatic hydroxyl groups excluding tert-OH is 1. The summed E-state index contributed by atoms with van der Waals surface area (Å²) in [5.41, 5.74) is 1.94. The third-order valence-electron chi connectivity index (χ3n) is 5.84. The molecular formula is C23H26F2O6. The lowest BCUT2D eigenvalue weighted by Gasteiger charge is -2.37. The van der Waals surface area contributed by atoms with E-state index in [0.29, 0.717) is 28.4 Å². The van der Waals surface area contributed by atoms with Crippen molar-refractivity contribution in [3.8, 4) is 17.2 Å². The van der Waals surface area contributed by atoms with Crippen LogP contribution < -0.4 is 14.2 Å². The molecule has 1 aliphatic heterocycles. The summed E-state index contributed by atoms with van der Waals surface area (Å²) >= 11 is 0. The minimum absolute atomic E-state index is 0.0227. The van der Waals surface area contributed by atoms with Gasteiger partial charge in [0.2, 0.25) is 5.92 Å². The van der Waals surface area contributed by atoms with Gasteiger partial charge in [-0.3, -0.25) is 0 Å². The van der Waals surface area contributed by atoms with Crippen molar-refractivity contribution in [1.29, 1.82) is 0 Å². The van der Waals surface area contributed by atoms with Crippen molar-refractivity contribution in [1.82, 2.24) is 0 Å². The molecule has 168 valence electrons. The molecule has 0 aromatic heterocycles. The van der Waals surface area contributed by atoms with Gasteiger partial charge in [0.05, 0.1) is 6.61 Å². The zero-order valence-corrected chi connectivity index (χ0v) is 17.5. The number of hydrogen-bond donors (Lipinski definition) is 1. The van der Waals surface area contributed by atoms with Gasteiger partial charge < -0.3 is 28.8 Å². The molecule has 2 aliphatic rings. The summed E-state index contributed by atoms with van der Waals surface area (Å²) in [6.45, 7) is -0.150. The van der Waals surface area contributed by atoms with E-state index in [1.54, 1.807) is 24.3 Å². The Balaban J connectivity index is 1.71. The van der Waals surface area contributed by atoms with Gasteiger partial charge in [0, 0.05) is 50.0 Å². The van der Waals surface area contributed by atoms with Crippen LogP contribution in [0.2, 0.25) is 0 Å². The van der Waals surface area contributed by atoms with E-state index in [2.05, 4.69) is 0 Å². The van der Waals surface area contributed by atoms with E-state index in [-0.39, 0.29) is 33.0 Å². The minimum atomic E-state index is -2.79. The van der Waals surface area contributed by atoms with Crippen LogP contribution in [-0.2, 0) is 16.1 Å². The normalized spacial score (nSPS) is 23.6. The first-order chi connectivity index (χ1) is 15.0. The van der Waals surface area contributed by atoms with Crippen LogP contribution in [0.15, 0.2) is 36.4 Å². The fourth-order valence-electron chi connectivity index (χ4n) is 4.54.